The predicted octanol–water partition coefficient (Wildman–Crippen LogP) is 5.26. The summed E-state index contributed by atoms with van der Waals surface area (Å²) in [7, 11) is 0. The van der Waals surface area contributed by atoms with E-state index in [-0.39, 0.29) is 5.41 Å². The van der Waals surface area contributed by atoms with Crippen molar-refractivity contribution >= 4 is 22.6 Å². The maximum absolute atomic E-state index is 2.43. The van der Waals surface area contributed by atoms with Gasteiger partial charge < -0.3 is 0 Å². The normalized spacial score (nSPS) is 11.5. The van der Waals surface area contributed by atoms with Crippen molar-refractivity contribution in [3.8, 4) is 11.1 Å². The third kappa shape index (κ3) is 2.89. The molecule has 0 saturated carbocycles. The van der Waals surface area contributed by atoms with Crippen molar-refractivity contribution in [3.63, 3.8) is 0 Å². The highest BCUT2D eigenvalue weighted by Crippen LogP contribution is 2.30. The summed E-state index contributed by atoms with van der Waals surface area (Å²) in [5.41, 5.74) is 4.22. The molecule has 0 aliphatic heterocycles. The van der Waals surface area contributed by atoms with Crippen molar-refractivity contribution < 1.29 is 0 Å². The van der Waals surface area contributed by atoms with Gasteiger partial charge in [0.15, 0.2) is 0 Å². The predicted molar refractivity (Wildman–Crippen MR) is 83.3 cm³/mol. The van der Waals surface area contributed by atoms with Gasteiger partial charge in [-0.05, 0) is 50.8 Å². The first-order chi connectivity index (χ1) is 7.98. The summed E-state index contributed by atoms with van der Waals surface area (Å²) in [6, 6.07) is 17.3. The van der Waals surface area contributed by atoms with Crippen LogP contribution in [0.1, 0.15) is 26.3 Å². The minimum atomic E-state index is 0.217. The molecule has 17 heavy (non-hydrogen) atoms. The molecule has 0 aromatic heterocycles. The fourth-order valence-corrected chi connectivity index (χ4v) is 2.66. The van der Waals surface area contributed by atoms with Crippen LogP contribution in [0.2, 0.25) is 0 Å². The molecule has 0 fully saturated rings. The minimum Gasteiger partial charge on any atom is -0.0622 e. The van der Waals surface area contributed by atoms with Gasteiger partial charge in [-0.1, -0.05) is 63.2 Å². The van der Waals surface area contributed by atoms with Crippen LogP contribution >= 0.6 is 22.6 Å². The van der Waals surface area contributed by atoms with E-state index in [4.69, 9.17) is 0 Å². The number of rotatable bonds is 1. The summed E-state index contributed by atoms with van der Waals surface area (Å²) >= 11 is 2.43. The summed E-state index contributed by atoms with van der Waals surface area (Å²) in [5, 5.41) is 0. The van der Waals surface area contributed by atoms with Gasteiger partial charge in [0.25, 0.3) is 0 Å². The van der Waals surface area contributed by atoms with E-state index in [1.165, 1.54) is 20.3 Å². The lowest BCUT2D eigenvalue weighted by Crippen LogP contribution is -2.11. The van der Waals surface area contributed by atoms with E-state index < -0.39 is 0 Å². The number of hydrogen-bond donors (Lipinski definition) is 0. The van der Waals surface area contributed by atoms with Crippen LogP contribution < -0.4 is 0 Å². The molecule has 2 aromatic carbocycles. The summed E-state index contributed by atoms with van der Waals surface area (Å²) in [6.07, 6.45) is 0. The van der Waals surface area contributed by atoms with Crippen LogP contribution in [0.5, 0.6) is 0 Å². The van der Waals surface area contributed by atoms with Gasteiger partial charge >= 0.3 is 0 Å². The first kappa shape index (κ1) is 12.6. The maximum Gasteiger partial charge on any atom is 0.0211 e. The van der Waals surface area contributed by atoms with E-state index in [9.17, 15) is 0 Å². The van der Waals surface area contributed by atoms with Crippen molar-refractivity contribution in [3.05, 3.63) is 57.7 Å². The number of benzene rings is 2. The lowest BCUT2D eigenvalue weighted by atomic mass is 9.86. The van der Waals surface area contributed by atoms with Gasteiger partial charge in [-0.2, -0.15) is 0 Å². The fraction of sp³-hybridized carbons (Fsp3) is 0.250. The van der Waals surface area contributed by atoms with Gasteiger partial charge in [0, 0.05) is 3.57 Å². The van der Waals surface area contributed by atoms with Crippen molar-refractivity contribution in [2.75, 3.05) is 0 Å². The van der Waals surface area contributed by atoms with Crippen LogP contribution in [0.25, 0.3) is 11.1 Å². The van der Waals surface area contributed by atoms with Crippen molar-refractivity contribution in [1.29, 1.82) is 0 Å². The molecule has 0 saturated heterocycles. The topological polar surface area (TPSA) is 0 Å². The molecule has 0 spiro atoms. The van der Waals surface area contributed by atoms with E-state index in [0.29, 0.717) is 0 Å². The minimum absolute atomic E-state index is 0.217. The van der Waals surface area contributed by atoms with Crippen molar-refractivity contribution in [1.82, 2.24) is 0 Å². The van der Waals surface area contributed by atoms with E-state index in [2.05, 4.69) is 91.9 Å². The molecule has 2 aromatic rings. The maximum atomic E-state index is 2.43. The molecule has 0 unspecified atom stereocenters. The number of halogens is 1. The highest BCUT2D eigenvalue weighted by molar-refractivity contribution is 14.1. The largest absolute Gasteiger partial charge is 0.0622 e. The van der Waals surface area contributed by atoms with E-state index in [1.807, 2.05) is 0 Å². The molecule has 0 N–H and O–H groups in total. The third-order valence-electron chi connectivity index (χ3n) is 2.92. The molecular formula is C16H17I. The monoisotopic (exact) mass is 336 g/mol. The van der Waals surface area contributed by atoms with Gasteiger partial charge in [0.2, 0.25) is 0 Å². The molecular weight excluding hydrogens is 319 g/mol. The molecule has 0 aliphatic rings. The Labute approximate surface area is 117 Å². The van der Waals surface area contributed by atoms with E-state index in [0.717, 1.165) is 0 Å². The summed E-state index contributed by atoms with van der Waals surface area (Å²) in [5.74, 6) is 0. The van der Waals surface area contributed by atoms with Crippen LogP contribution in [0.3, 0.4) is 0 Å². The quantitative estimate of drug-likeness (QED) is 0.624. The summed E-state index contributed by atoms with van der Waals surface area (Å²) in [4.78, 5) is 0. The second-order valence-electron chi connectivity index (χ2n) is 5.31. The Balaban J connectivity index is 2.46. The van der Waals surface area contributed by atoms with Gasteiger partial charge in [-0.25, -0.2) is 0 Å². The smallest absolute Gasteiger partial charge is 0.0211 e. The van der Waals surface area contributed by atoms with Crippen LogP contribution in [-0.4, -0.2) is 0 Å². The Morgan fingerprint density at radius 2 is 1.53 bits per heavy atom. The Kier molecular flexibility index (Phi) is 3.57. The zero-order valence-electron chi connectivity index (χ0n) is 10.5. The van der Waals surface area contributed by atoms with Gasteiger partial charge in [-0.3, -0.25) is 0 Å². The Morgan fingerprint density at radius 3 is 2.06 bits per heavy atom. The highest BCUT2D eigenvalue weighted by Gasteiger charge is 2.15. The molecule has 0 atom stereocenters. The van der Waals surface area contributed by atoms with Gasteiger partial charge in [0.05, 0.1) is 0 Å². The lowest BCUT2D eigenvalue weighted by Gasteiger charge is -2.20. The molecule has 0 bridgehead atoms. The zero-order chi connectivity index (χ0) is 12.5. The third-order valence-corrected chi connectivity index (χ3v) is 3.81. The molecule has 0 amide bonds. The molecule has 88 valence electrons. The number of hydrogen-bond acceptors (Lipinski definition) is 0. The van der Waals surface area contributed by atoms with E-state index >= 15 is 0 Å². The molecule has 2 rings (SSSR count). The lowest BCUT2D eigenvalue weighted by molar-refractivity contribution is 0.590. The second-order valence-corrected chi connectivity index (χ2v) is 6.47. The molecule has 0 nitrogen and oxygen atoms in total. The Morgan fingerprint density at radius 1 is 0.882 bits per heavy atom. The summed E-state index contributed by atoms with van der Waals surface area (Å²) < 4.78 is 1.32. The molecule has 0 radical (unpaired) electrons. The molecule has 0 heterocycles. The average molecular weight is 336 g/mol. The van der Waals surface area contributed by atoms with Gasteiger partial charge in [-0.15, -0.1) is 0 Å². The first-order valence-electron chi connectivity index (χ1n) is 5.84. The zero-order valence-corrected chi connectivity index (χ0v) is 12.7. The Hall–Kier alpha value is -0.830. The fourth-order valence-electron chi connectivity index (χ4n) is 1.83. The van der Waals surface area contributed by atoms with Crippen LogP contribution in [0.15, 0.2) is 48.5 Å². The van der Waals surface area contributed by atoms with E-state index in [1.54, 1.807) is 0 Å². The standard InChI is InChI=1S/C16H17I/c1-16(2,3)13-9-10-14(15(17)11-13)12-7-5-4-6-8-12/h4-11H,1-3H3. The SMILES string of the molecule is CC(C)(C)c1ccc(-c2ccccc2)c(I)c1. The molecule has 1 heteroatoms. The molecule has 0 aliphatic carbocycles. The average Bonchev–Trinajstić information content (AvgIpc) is 2.29. The highest BCUT2D eigenvalue weighted by atomic mass is 127. The van der Waals surface area contributed by atoms with Gasteiger partial charge in [0.1, 0.15) is 0 Å². The summed E-state index contributed by atoms with van der Waals surface area (Å²) in [6.45, 7) is 6.75. The van der Waals surface area contributed by atoms with Crippen LogP contribution in [-0.2, 0) is 5.41 Å². The van der Waals surface area contributed by atoms with Crippen molar-refractivity contribution in [2.45, 2.75) is 26.2 Å². The van der Waals surface area contributed by atoms with Crippen LogP contribution in [0.4, 0.5) is 0 Å². The second kappa shape index (κ2) is 4.81. The van der Waals surface area contributed by atoms with Crippen LogP contribution in [0, 0.1) is 3.57 Å². The first-order valence-corrected chi connectivity index (χ1v) is 6.92. The Bertz CT molecular complexity index is 507. The van der Waals surface area contributed by atoms with Crippen molar-refractivity contribution in [2.24, 2.45) is 0 Å².